The summed E-state index contributed by atoms with van der Waals surface area (Å²) in [6.45, 7) is 4.47. The van der Waals surface area contributed by atoms with Crippen LogP contribution < -0.4 is 0 Å². The quantitative estimate of drug-likeness (QED) is 0.556. The van der Waals surface area contributed by atoms with Crippen LogP contribution in [0.4, 0.5) is 0 Å². The molecule has 1 N–H and O–H groups in total. The van der Waals surface area contributed by atoms with E-state index in [1.165, 1.54) is 37.8 Å². The van der Waals surface area contributed by atoms with Gasteiger partial charge in [-0.2, -0.15) is 0 Å². The first-order valence-electron chi connectivity index (χ1n) is 8.03. The highest BCUT2D eigenvalue weighted by atomic mass is 16.5. The Labute approximate surface area is 126 Å². The van der Waals surface area contributed by atoms with Crippen LogP contribution in [0.5, 0.6) is 0 Å². The molecule has 1 heterocycles. The third-order valence-corrected chi connectivity index (χ3v) is 3.74. The van der Waals surface area contributed by atoms with Crippen LogP contribution in [0.2, 0.25) is 0 Å². The average Bonchev–Trinajstić information content (AvgIpc) is 2.89. The molecule has 0 aliphatic carbocycles. The van der Waals surface area contributed by atoms with Gasteiger partial charge in [0.25, 0.3) is 0 Å². The number of carbonyl (C=O) groups is 1. The minimum Gasteiger partial charge on any atom is -0.462 e. The minimum absolute atomic E-state index is 0.248. The summed E-state index contributed by atoms with van der Waals surface area (Å²) < 4.78 is 5.04. The lowest BCUT2D eigenvalue weighted by atomic mass is 10.1. The molecule has 21 heavy (non-hydrogen) atoms. The second-order valence-electron chi connectivity index (χ2n) is 5.48. The molecule has 0 bridgehead atoms. The summed E-state index contributed by atoms with van der Waals surface area (Å²) in [7, 11) is 0. The summed E-state index contributed by atoms with van der Waals surface area (Å²) in [5, 5.41) is 1.09. The molecule has 0 amide bonds. The number of benzene rings is 1. The lowest BCUT2D eigenvalue weighted by Crippen LogP contribution is -2.03. The topological polar surface area (TPSA) is 42.1 Å². The summed E-state index contributed by atoms with van der Waals surface area (Å²) >= 11 is 0. The average molecular weight is 287 g/mol. The maximum Gasteiger partial charge on any atom is 0.338 e. The first-order chi connectivity index (χ1) is 10.2. The van der Waals surface area contributed by atoms with Crippen molar-refractivity contribution in [2.75, 3.05) is 6.61 Å². The highest BCUT2D eigenvalue weighted by Gasteiger charge is 2.08. The number of aromatic nitrogens is 1. The Morgan fingerprint density at radius 3 is 2.67 bits per heavy atom. The van der Waals surface area contributed by atoms with Crippen LogP contribution in [0.3, 0.4) is 0 Å². The smallest absolute Gasteiger partial charge is 0.338 e. The predicted molar refractivity (Wildman–Crippen MR) is 86.7 cm³/mol. The molecule has 0 saturated carbocycles. The van der Waals surface area contributed by atoms with E-state index in [2.05, 4.69) is 18.0 Å². The van der Waals surface area contributed by atoms with Crippen LogP contribution in [0.25, 0.3) is 10.9 Å². The van der Waals surface area contributed by atoms with Gasteiger partial charge >= 0.3 is 5.97 Å². The van der Waals surface area contributed by atoms with Crippen molar-refractivity contribution in [3.8, 4) is 0 Å². The molecule has 0 saturated heterocycles. The Balaban J connectivity index is 1.99. The molecule has 1 aromatic heterocycles. The fourth-order valence-corrected chi connectivity index (χ4v) is 2.59. The number of nitrogens with one attached hydrogen (secondary N) is 1. The molecule has 0 spiro atoms. The molecule has 0 unspecified atom stereocenters. The van der Waals surface area contributed by atoms with Gasteiger partial charge in [0.2, 0.25) is 0 Å². The maximum atomic E-state index is 11.7. The van der Waals surface area contributed by atoms with Crippen molar-refractivity contribution >= 4 is 16.9 Å². The zero-order chi connectivity index (χ0) is 15.1. The van der Waals surface area contributed by atoms with Crippen LogP contribution in [-0.2, 0) is 11.2 Å². The Kier molecular flexibility index (Phi) is 5.85. The van der Waals surface area contributed by atoms with Gasteiger partial charge in [0, 0.05) is 16.6 Å². The number of fused-ring (bicyclic) bond motifs is 1. The van der Waals surface area contributed by atoms with Crippen molar-refractivity contribution in [1.82, 2.24) is 4.98 Å². The molecule has 1 aromatic carbocycles. The fourth-order valence-electron chi connectivity index (χ4n) is 2.59. The highest BCUT2D eigenvalue weighted by Crippen LogP contribution is 2.19. The summed E-state index contributed by atoms with van der Waals surface area (Å²) in [6.07, 6.45) is 7.52. The molecular weight excluding hydrogens is 262 g/mol. The van der Waals surface area contributed by atoms with E-state index in [9.17, 15) is 4.79 Å². The Morgan fingerprint density at radius 1 is 1.10 bits per heavy atom. The number of rotatable bonds is 8. The second-order valence-corrected chi connectivity index (χ2v) is 5.48. The van der Waals surface area contributed by atoms with E-state index in [1.54, 1.807) is 0 Å². The molecular formula is C18H25NO2. The van der Waals surface area contributed by atoms with Crippen molar-refractivity contribution in [2.24, 2.45) is 0 Å². The first-order valence-corrected chi connectivity index (χ1v) is 8.03. The number of aryl methyl sites for hydroxylation is 1. The van der Waals surface area contributed by atoms with Crippen LogP contribution in [0.1, 0.15) is 62.0 Å². The number of carbonyl (C=O) groups excluding carboxylic acids is 1. The Hall–Kier alpha value is -1.77. The minimum atomic E-state index is -0.248. The lowest BCUT2D eigenvalue weighted by molar-refractivity contribution is 0.0526. The molecule has 0 aliphatic rings. The summed E-state index contributed by atoms with van der Waals surface area (Å²) in [6, 6.07) is 7.84. The van der Waals surface area contributed by atoms with E-state index < -0.39 is 0 Å². The summed E-state index contributed by atoms with van der Waals surface area (Å²) in [5.74, 6) is -0.248. The van der Waals surface area contributed by atoms with Crippen molar-refractivity contribution in [3.05, 3.63) is 35.5 Å². The number of hydrogen-bond donors (Lipinski definition) is 1. The van der Waals surface area contributed by atoms with Crippen LogP contribution in [0.15, 0.2) is 24.3 Å². The summed E-state index contributed by atoms with van der Waals surface area (Å²) in [5.41, 5.74) is 2.96. The van der Waals surface area contributed by atoms with Crippen molar-refractivity contribution < 1.29 is 9.53 Å². The van der Waals surface area contributed by atoms with Gasteiger partial charge in [0.15, 0.2) is 0 Å². The zero-order valence-corrected chi connectivity index (χ0v) is 13.1. The van der Waals surface area contributed by atoms with Gasteiger partial charge in [-0.3, -0.25) is 0 Å². The second kappa shape index (κ2) is 7.87. The van der Waals surface area contributed by atoms with Crippen LogP contribution in [-0.4, -0.2) is 17.6 Å². The van der Waals surface area contributed by atoms with Crippen molar-refractivity contribution in [3.63, 3.8) is 0 Å². The van der Waals surface area contributed by atoms with Crippen LogP contribution >= 0.6 is 0 Å². The monoisotopic (exact) mass is 287 g/mol. The largest absolute Gasteiger partial charge is 0.462 e. The van der Waals surface area contributed by atoms with E-state index in [-0.39, 0.29) is 5.97 Å². The number of esters is 1. The molecule has 2 rings (SSSR count). The number of aromatic amines is 1. The van der Waals surface area contributed by atoms with E-state index >= 15 is 0 Å². The van der Waals surface area contributed by atoms with Gasteiger partial charge < -0.3 is 9.72 Å². The Morgan fingerprint density at radius 2 is 1.90 bits per heavy atom. The number of hydrogen-bond acceptors (Lipinski definition) is 2. The van der Waals surface area contributed by atoms with Gasteiger partial charge in [0.05, 0.1) is 12.2 Å². The van der Waals surface area contributed by atoms with Gasteiger partial charge in [-0.05, 0) is 44.0 Å². The van der Waals surface area contributed by atoms with Crippen molar-refractivity contribution in [1.29, 1.82) is 0 Å². The summed E-state index contributed by atoms with van der Waals surface area (Å²) in [4.78, 5) is 15.2. The molecule has 0 atom stereocenters. The maximum absolute atomic E-state index is 11.7. The highest BCUT2D eigenvalue weighted by molar-refractivity contribution is 5.94. The van der Waals surface area contributed by atoms with E-state index in [1.807, 2.05) is 25.1 Å². The van der Waals surface area contributed by atoms with Gasteiger partial charge in [0.1, 0.15) is 0 Å². The molecule has 3 heteroatoms. The van der Waals surface area contributed by atoms with E-state index in [0.717, 1.165) is 17.3 Å². The predicted octanol–water partition coefficient (Wildman–Crippen LogP) is 4.86. The normalized spacial score (nSPS) is 11.0. The zero-order valence-electron chi connectivity index (χ0n) is 13.1. The molecule has 2 aromatic rings. The molecule has 114 valence electrons. The molecule has 3 nitrogen and oxygen atoms in total. The van der Waals surface area contributed by atoms with E-state index in [4.69, 9.17) is 4.74 Å². The third kappa shape index (κ3) is 4.35. The first kappa shape index (κ1) is 15.6. The fraction of sp³-hybridized carbons (Fsp3) is 0.500. The number of ether oxygens (including phenoxy) is 1. The van der Waals surface area contributed by atoms with Gasteiger partial charge in [-0.25, -0.2) is 4.79 Å². The lowest BCUT2D eigenvalue weighted by Gasteiger charge is -2.01. The molecule has 0 aliphatic heterocycles. The van der Waals surface area contributed by atoms with Crippen LogP contribution in [0, 0.1) is 0 Å². The standard InChI is InChI=1S/C18H25NO2/c1-3-5-6-7-8-9-16-13-15-12-14(18(20)21-4-2)10-11-17(15)19-16/h10-13,19H,3-9H2,1-2H3. The van der Waals surface area contributed by atoms with E-state index in [0.29, 0.717) is 12.2 Å². The van der Waals surface area contributed by atoms with Gasteiger partial charge in [-0.1, -0.05) is 32.6 Å². The third-order valence-electron chi connectivity index (χ3n) is 3.74. The molecule has 0 radical (unpaired) electrons. The SMILES string of the molecule is CCCCCCCc1cc2cc(C(=O)OCC)ccc2[nH]1. The molecule has 0 fully saturated rings. The van der Waals surface area contributed by atoms with Gasteiger partial charge in [-0.15, -0.1) is 0 Å². The van der Waals surface area contributed by atoms with Crippen molar-refractivity contribution in [2.45, 2.75) is 52.4 Å². The number of H-pyrrole nitrogens is 1. The number of unbranched alkanes of at least 4 members (excludes halogenated alkanes) is 4. The Bertz CT molecular complexity index is 586.